The smallest absolute Gasteiger partial charge is 0.446 e. The van der Waals surface area contributed by atoms with Gasteiger partial charge in [-0.25, -0.2) is 4.79 Å². The molecule has 0 bridgehead atoms. The average Bonchev–Trinajstić information content (AvgIpc) is 3.01. The van der Waals surface area contributed by atoms with Gasteiger partial charge in [0.1, 0.15) is 0 Å². The van der Waals surface area contributed by atoms with Crippen LogP contribution in [0.5, 0.6) is 0 Å². The van der Waals surface area contributed by atoms with Gasteiger partial charge in [0.2, 0.25) is 0 Å². The van der Waals surface area contributed by atoms with E-state index in [2.05, 4.69) is 15.9 Å². The second-order valence-electron chi connectivity index (χ2n) is 9.48. The molecule has 33 heavy (non-hydrogen) atoms. The van der Waals surface area contributed by atoms with Crippen LogP contribution in [0.15, 0.2) is 83.3 Å². The zero-order chi connectivity index (χ0) is 23.9. The maximum Gasteiger partial charge on any atom is 0.494 e. The Labute approximate surface area is 204 Å². The van der Waals surface area contributed by atoms with Crippen molar-refractivity contribution in [1.82, 2.24) is 0 Å². The molecule has 3 aromatic rings. The summed E-state index contributed by atoms with van der Waals surface area (Å²) < 4.78 is 19.1. The van der Waals surface area contributed by atoms with E-state index in [1.807, 2.05) is 107 Å². The molecule has 1 aliphatic rings. The summed E-state index contributed by atoms with van der Waals surface area (Å²) in [5, 5.41) is 0. The lowest BCUT2D eigenvalue weighted by Crippen LogP contribution is -2.41. The standard InChI is InChI=1S/C27H28BBrO4/c1-25(2)26(3,4)33-28(32-25)21-16-17-22(23(29)18-21)24(30)31-27(5,19-12-8-6-9-13-19)20-14-10-7-11-15-20/h6-18H,1-5H3. The van der Waals surface area contributed by atoms with Crippen LogP contribution in [0, 0.1) is 0 Å². The van der Waals surface area contributed by atoms with E-state index in [0.29, 0.717) is 10.0 Å². The molecule has 1 heterocycles. The number of hydrogen-bond acceptors (Lipinski definition) is 4. The molecule has 6 heteroatoms. The van der Waals surface area contributed by atoms with E-state index in [-0.39, 0.29) is 0 Å². The van der Waals surface area contributed by atoms with Gasteiger partial charge < -0.3 is 14.0 Å². The van der Waals surface area contributed by atoms with Gasteiger partial charge in [0.15, 0.2) is 5.60 Å². The molecule has 1 fully saturated rings. The Morgan fingerprint density at radius 3 is 1.79 bits per heavy atom. The minimum absolute atomic E-state index is 0.419. The molecular formula is C27H28BBrO4. The summed E-state index contributed by atoms with van der Waals surface area (Å²) in [6, 6.07) is 25.0. The van der Waals surface area contributed by atoms with Gasteiger partial charge >= 0.3 is 13.1 Å². The van der Waals surface area contributed by atoms with Crippen LogP contribution in [0.2, 0.25) is 0 Å². The van der Waals surface area contributed by atoms with Crippen LogP contribution < -0.4 is 5.46 Å². The van der Waals surface area contributed by atoms with Gasteiger partial charge in [0, 0.05) is 4.47 Å². The number of benzene rings is 3. The highest BCUT2D eigenvalue weighted by Gasteiger charge is 2.51. The summed E-state index contributed by atoms with van der Waals surface area (Å²) in [7, 11) is -0.504. The first-order valence-corrected chi connectivity index (χ1v) is 11.8. The fraction of sp³-hybridized carbons (Fsp3) is 0.296. The molecule has 4 rings (SSSR count). The van der Waals surface area contributed by atoms with Crippen molar-refractivity contribution in [1.29, 1.82) is 0 Å². The van der Waals surface area contributed by atoms with Crippen molar-refractivity contribution in [2.24, 2.45) is 0 Å². The normalized spacial score (nSPS) is 17.1. The van der Waals surface area contributed by atoms with Gasteiger partial charge in [-0.2, -0.15) is 0 Å². The largest absolute Gasteiger partial charge is 0.494 e. The highest BCUT2D eigenvalue weighted by Crippen LogP contribution is 2.37. The summed E-state index contributed by atoms with van der Waals surface area (Å²) in [4.78, 5) is 13.4. The van der Waals surface area contributed by atoms with Crippen molar-refractivity contribution in [2.45, 2.75) is 51.4 Å². The van der Waals surface area contributed by atoms with E-state index in [1.54, 1.807) is 6.07 Å². The molecule has 0 spiro atoms. The Kier molecular flexibility index (Phi) is 6.29. The molecule has 4 nitrogen and oxygen atoms in total. The fourth-order valence-corrected chi connectivity index (χ4v) is 4.42. The molecule has 0 saturated carbocycles. The minimum Gasteiger partial charge on any atom is -0.446 e. The number of carbonyl (C=O) groups excluding carboxylic acids is 1. The second-order valence-corrected chi connectivity index (χ2v) is 10.3. The molecule has 3 aromatic carbocycles. The molecule has 0 N–H and O–H groups in total. The zero-order valence-corrected chi connectivity index (χ0v) is 21.2. The summed E-state index contributed by atoms with van der Waals surface area (Å²) in [5.41, 5.74) is 1.26. The predicted octanol–water partition coefficient (Wildman–Crippen LogP) is 5.87. The molecule has 0 atom stereocenters. The van der Waals surface area contributed by atoms with Crippen LogP contribution in [-0.2, 0) is 19.6 Å². The summed E-state index contributed by atoms with van der Waals surface area (Å²) in [6.07, 6.45) is 0. The Morgan fingerprint density at radius 2 is 1.33 bits per heavy atom. The number of rotatable bonds is 5. The van der Waals surface area contributed by atoms with E-state index in [0.717, 1.165) is 16.6 Å². The highest BCUT2D eigenvalue weighted by atomic mass is 79.9. The molecule has 170 valence electrons. The van der Waals surface area contributed by atoms with Gasteiger partial charge in [-0.05, 0) is 79.3 Å². The molecule has 0 amide bonds. The van der Waals surface area contributed by atoms with E-state index in [4.69, 9.17) is 14.0 Å². The first-order valence-electron chi connectivity index (χ1n) is 11.0. The van der Waals surface area contributed by atoms with E-state index in [9.17, 15) is 4.79 Å². The Balaban J connectivity index is 1.62. The third-order valence-electron chi connectivity index (χ3n) is 6.68. The minimum atomic E-state index is -0.941. The molecule has 0 radical (unpaired) electrons. The van der Waals surface area contributed by atoms with Crippen LogP contribution in [0.3, 0.4) is 0 Å². The van der Waals surface area contributed by atoms with E-state index >= 15 is 0 Å². The molecule has 1 saturated heterocycles. The summed E-state index contributed by atoms with van der Waals surface area (Å²) in [5.74, 6) is -0.419. The summed E-state index contributed by atoms with van der Waals surface area (Å²) in [6.45, 7) is 9.98. The van der Waals surface area contributed by atoms with Gasteiger partial charge in [-0.15, -0.1) is 0 Å². The molecule has 1 aliphatic heterocycles. The van der Waals surface area contributed by atoms with E-state index in [1.165, 1.54) is 0 Å². The Morgan fingerprint density at radius 1 is 0.848 bits per heavy atom. The van der Waals surface area contributed by atoms with Gasteiger partial charge in [0.25, 0.3) is 0 Å². The zero-order valence-electron chi connectivity index (χ0n) is 19.6. The first-order chi connectivity index (χ1) is 15.5. The lowest BCUT2D eigenvalue weighted by Gasteiger charge is -2.32. The van der Waals surface area contributed by atoms with Crippen LogP contribution in [0.4, 0.5) is 0 Å². The SMILES string of the molecule is CC(OC(=O)c1ccc(B2OC(C)(C)C(C)(C)O2)cc1Br)(c1ccccc1)c1ccccc1. The number of halogens is 1. The monoisotopic (exact) mass is 506 g/mol. The van der Waals surface area contributed by atoms with Crippen LogP contribution in [-0.4, -0.2) is 24.3 Å². The van der Waals surface area contributed by atoms with Gasteiger partial charge in [-0.1, -0.05) is 66.7 Å². The lowest BCUT2D eigenvalue weighted by atomic mass is 9.79. The van der Waals surface area contributed by atoms with Crippen LogP contribution in [0.25, 0.3) is 0 Å². The van der Waals surface area contributed by atoms with Crippen molar-refractivity contribution in [3.05, 3.63) is 100 Å². The maximum atomic E-state index is 13.4. The van der Waals surface area contributed by atoms with Crippen molar-refractivity contribution >= 4 is 34.5 Å². The third kappa shape index (κ3) is 4.52. The number of ether oxygens (including phenoxy) is 1. The maximum absolute atomic E-state index is 13.4. The molecular weight excluding hydrogens is 479 g/mol. The van der Waals surface area contributed by atoms with E-state index < -0.39 is 29.9 Å². The molecule has 0 aliphatic carbocycles. The Hall–Kier alpha value is -2.41. The topological polar surface area (TPSA) is 44.8 Å². The number of hydrogen-bond donors (Lipinski definition) is 0. The van der Waals surface area contributed by atoms with Crippen LogP contribution in [0.1, 0.15) is 56.1 Å². The van der Waals surface area contributed by atoms with Gasteiger partial charge in [-0.3, -0.25) is 0 Å². The lowest BCUT2D eigenvalue weighted by molar-refractivity contribution is 0.00578. The van der Waals surface area contributed by atoms with Crippen molar-refractivity contribution in [3.63, 3.8) is 0 Å². The van der Waals surface area contributed by atoms with Crippen molar-refractivity contribution in [2.75, 3.05) is 0 Å². The molecule has 0 aromatic heterocycles. The second kappa shape index (κ2) is 8.75. The third-order valence-corrected chi connectivity index (χ3v) is 7.34. The van der Waals surface area contributed by atoms with Crippen molar-refractivity contribution < 1.29 is 18.8 Å². The fourth-order valence-electron chi connectivity index (χ4n) is 3.86. The highest BCUT2D eigenvalue weighted by molar-refractivity contribution is 9.10. The first kappa shape index (κ1) is 23.7. The van der Waals surface area contributed by atoms with Gasteiger partial charge in [0.05, 0.1) is 16.8 Å². The Bertz CT molecular complexity index is 1090. The average molecular weight is 507 g/mol. The number of esters is 1. The number of carbonyl (C=O) groups is 1. The van der Waals surface area contributed by atoms with Crippen molar-refractivity contribution in [3.8, 4) is 0 Å². The molecule has 0 unspecified atom stereocenters. The van der Waals surface area contributed by atoms with Crippen LogP contribution >= 0.6 is 15.9 Å². The summed E-state index contributed by atoms with van der Waals surface area (Å²) >= 11 is 3.56. The quantitative estimate of drug-likeness (QED) is 0.320. The predicted molar refractivity (Wildman–Crippen MR) is 135 cm³/mol.